The van der Waals surface area contributed by atoms with E-state index in [2.05, 4.69) is 31.6 Å². The summed E-state index contributed by atoms with van der Waals surface area (Å²) in [7, 11) is 0. The average molecular weight is 334 g/mol. The molecule has 3 heterocycles. The lowest BCUT2D eigenvalue weighted by atomic mass is 9.90. The number of nitrogens with zero attached hydrogens (tertiary/aromatic N) is 5. The van der Waals surface area contributed by atoms with Crippen molar-refractivity contribution in [2.24, 2.45) is 0 Å². The van der Waals surface area contributed by atoms with E-state index in [1.807, 2.05) is 0 Å². The van der Waals surface area contributed by atoms with Crippen molar-refractivity contribution in [2.75, 3.05) is 6.54 Å². The van der Waals surface area contributed by atoms with Crippen molar-refractivity contribution in [3.8, 4) is 5.75 Å². The lowest BCUT2D eigenvalue weighted by Gasteiger charge is -2.43. The standard InChI is InChI=1S/C16H20ClN5O/c1-11-16-20-19-15(10-23-14-7-12(17)8-18-9-14)22(16)6-5-21(11)13-3-2-4-13/h7-9,11,13H,2-6,10H2,1H3/t11-/m1/s1. The van der Waals surface area contributed by atoms with Crippen LogP contribution in [0.4, 0.5) is 0 Å². The van der Waals surface area contributed by atoms with Gasteiger partial charge in [-0.05, 0) is 19.8 Å². The zero-order chi connectivity index (χ0) is 15.8. The van der Waals surface area contributed by atoms with Gasteiger partial charge in [0, 0.05) is 31.4 Å². The topological polar surface area (TPSA) is 56.1 Å². The molecule has 0 spiro atoms. The molecule has 2 aliphatic rings. The molecule has 2 aromatic rings. The maximum Gasteiger partial charge on any atom is 0.171 e. The van der Waals surface area contributed by atoms with Gasteiger partial charge in [-0.2, -0.15) is 0 Å². The fourth-order valence-electron chi connectivity index (χ4n) is 3.40. The van der Waals surface area contributed by atoms with Crippen LogP contribution < -0.4 is 4.74 Å². The van der Waals surface area contributed by atoms with Crippen LogP contribution in [0.2, 0.25) is 5.02 Å². The van der Waals surface area contributed by atoms with Crippen LogP contribution in [0.25, 0.3) is 0 Å². The molecule has 2 aromatic heterocycles. The van der Waals surface area contributed by atoms with Gasteiger partial charge in [0.2, 0.25) is 0 Å². The van der Waals surface area contributed by atoms with Gasteiger partial charge in [-0.25, -0.2) is 0 Å². The molecule has 1 aliphatic carbocycles. The van der Waals surface area contributed by atoms with Gasteiger partial charge >= 0.3 is 0 Å². The van der Waals surface area contributed by atoms with E-state index >= 15 is 0 Å². The second-order valence-corrected chi connectivity index (χ2v) is 6.69. The fourth-order valence-corrected chi connectivity index (χ4v) is 3.57. The Kier molecular flexibility index (Phi) is 3.95. The number of rotatable bonds is 4. The van der Waals surface area contributed by atoms with Crippen molar-refractivity contribution in [2.45, 2.75) is 51.4 Å². The largest absolute Gasteiger partial charge is 0.484 e. The highest BCUT2D eigenvalue weighted by Gasteiger charge is 2.34. The number of fused-ring (bicyclic) bond motifs is 1. The molecule has 1 fully saturated rings. The van der Waals surface area contributed by atoms with E-state index in [1.165, 1.54) is 19.3 Å². The Hall–Kier alpha value is -1.66. The first-order valence-electron chi connectivity index (χ1n) is 8.13. The Morgan fingerprint density at radius 3 is 2.87 bits per heavy atom. The SMILES string of the molecule is C[C@@H]1c2nnc(COc3cncc(Cl)c3)n2CCN1C1CCC1. The van der Waals surface area contributed by atoms with Crippen LogP contribution in [0.3, 0.4) is 0 Å². The zero-order valence-electron chi connectivity index (χ0n) is 13.2. The van der Waals surface area contributed by atoms with Crippen LogP contribution in [0.1, 0.15) is 43.9 Å². The van der Waals surface area contributed by atoms with Crippen LogP contribution in [0.15, 0.2) is 18.5 Å². The summed E-state index contributed by atoms with van der Waals surface area (Å²) >= 11 is 5.92. The highest BCUT2D eigenvalue weighted by molar-refractivity contribution is 6.30. The summed E-state index contributed by atoms with van der Waals surface area (Å²) < 4.78 is 7.95. The first kappa shape index (κ1) is 14.9. The quantitative estimate of drug-likeness (QED) is 0.861. The molecule has 0 saturated heterocycles. The second-order valence-electron chi connectivity index (χ2n) is 6.25. The van der Waals surface area contributed by atoms with E-state index in [9.17, 15) is 0 Å². The molecular formula is C16H20ClN5O. The molecule has 0 unspecified atom stereocenters. The average Bonchev–Trinajstić information content (AvgIpc) is 2.90. The van der Waals surface area contributed by atoms with Gasteiger partial charge in [-0.15, -0.1) is 10.2 Å². The maximum atomic E-state index is 5.92. The second kappa shape index (κ2) is 6.09. The fraction of sp³-hybridized carbons (Fsp3) is 0.562. The summed E-state index contributed by atoms with van der Waals surface area (Å²) in [5.41, 5.74) is 0. The summed E-state index contributed by atoms with van der Waals surface area (Å²) in [5, 5.41) is 9.30. The van der Waals surface area contributed by atoms with Crippen molar-refractivity contribution in [3.63, 3.8) is 0 Å². The highest BCUT2D eigenvalue weighted by atomic mass is 35.5. The lowest BCUT2D eigenvalue weighted by Crippen LogP contribution is -2.47. The van der Waals surface area contributed by atoms with Crippen LogP contribution in [0, 0.1) is 0 Å². The Morgan fingerprint density at radius 1 is 1.26 bits per heavy atom. The summed E-state index contributed by atoms with van der Waals surface area (Å²) in [4.78, 5) is 6.59. The number of aromatic nitrogens is 4. The first-order valence-corrected chi connectivity index (χ1v) is 8.51. The number of ether oxygens (including phenoxy) is 1. The van der Waals surface area contributed by atoms with Crippen molar-refractivity contribution in [1.82, 2.24) is 24.6 Å². The van der Waals surface area contributed by atoms with Crippen LogP contribution in [0.5, 0.6) is 5.75 Å². The van der Waals surface area contributed by atoms with Crippen molar-refractivity contribution < 1.29 is 4.74 Å². The molecule has 0 amide bonds. The monoisotopic (exact) mass is 333 g/mol. The van der Waals surface area contributed by atoms with Gasteiger partial charge in [-0.1, -0.05) is 18.0 Å². The summed E-state index contributed by atoms with van der Waals surface area (Å²) in [6.07, 6.45) is 7.23. The van der Waals surface area contributed by atoms with E-state index in [0.717, 1.165) is 30.8 Å². The molecule has 0 N–H and O–H groups in total. The van der Waals surface area contributed by atoms with Crippen molar-refractivity contribution in [3.05, 3.63) is 35.1 Å². The van der Waals surface area contributed by atoms with Gasteiger partial charge in [0.1, 0.15) is 18.2 Å². The summed E-state index contributed by atoms with van der Waals surface area (Å²) in [6, 6.07) is 2.80. The van der Waals surface area contributed by atoms with E-state index in [4.69, 9.17) is 16.3 Å². The van der Waals surface area contributed by atoms with E-state index in [1.54, 1.807) is 18.5 Å². The van der Waals surface area contributed by atoms with Gasteiger partial charge < -0.3 is 9.30 Å². The third-order valence-corrected chi connectivity index (χ3v) is 5.11. The normalized spacial score (nSPS) is 21.7. The van der Waals surface area contributed by atoms with E-state index in [0.29, 0.717) is 23.4 Å². The molecule has 1 atom stereocenters. The zero-order valence-corrected chi connectivity index (χ0v) is 13.9. The minimum absolute atomic E-state index is 0.322. The minimum atomic E-state index is 0.322. The van der Waals surface area contributed by atoms with Gasteiger partial charge in [0.05, 0.1) is 17.3 Å². The minimum Gasteiger partial charge on any atom is -0.484 e. The molecule has 0 bridgehead atoms. The van der Waals surface area contributed by atoms with Gasteiger partial charge in [0.25, 0.3) is 0 Å². The van der Waals surface area contributed by atoms with Crippen LogP contribution in [-0.2, 0) is 13.2 Å². The molecule has 6 nitrogen and oxygen atoms in total. The Bertz CT molecular complexity index is 700. The molecule has 1 aliphatic heterocycles. The molecule has 23 heavy (non-hydrogen) atoms. The van der Waals surface area contributed by atoms with Crippen molar-refractivity contribution >= 4 is 11.6 Å². The third-order valence-electron chi connectivity index (χ3n) is 4.90. The van der Waals surface area contributed by atoms with Gasteiger partial charge in [0.15, 0.2) is 5.82 Å². The third kappa shape index (κ3) is 2.81. The predicted octanol–water partition coefficient (Wildman–Crippen LogP) is 2.83. The summed E-state index contributed by atoms with van der Waals surface area (Å²) in [5.74, 6) is 2.56. The number of halogens is 1. The smallest absolute Gasteiger partial charge is 0.171 e. The number of hydrogen-bond acceptors (Lipinski definition) is 5. The van der Waals surface area contributed by atoms with Crippen molar-refractivity contribution in [1.29, 1.82) is 0 Å². The molecule has 1 saturated carbocycles. The molecule has 7 heteroatoms. The summed E-state index contributed by atoms with van der Waals surface area (Å²) in [6.45, 7) is 4.59. The number of hydrogen-bond donors (Lipinski definition) is 0. The Morgan fingerprint density at radius 2 is 2.13 bits per heavy atom. The van der Waals surface area contributed by atoms with E-state index in [-0.39, 0.29) is 0 Å². The predicted molar refractivity (Wildman–Crippen MR) is 86.4 cm³/mol. The molecule has 0 aromatic carbocycles. The highest BCUT2D eigenvalue weighted by Crippen LogP contribution is 2.34. The Labute approximate surface area is 140 Å². The van der Waals surface area contributed by atoms with Crippen LogP contribution in [-0.4, -0.2) is 37.2 Å². The van der Waals surface area contributed by atoms with E-state index < -0.39 is 0 Å². The Balaban J connectivity index is 1.47. The van der Waals surface area contributed by atoms with Gasteiger partial charge in [-0.3, -0.25) is 9.88 Å². The molecule has 4 rings (SSSR count). The lowest BCUT2D eigenvalue weighted by molar-refractivity contribution is 0.0601. The maximum absolute atomic E-state index is 5.92. The molecule has 0 radical (unpaired) electrons. The molecule has 122 valence electrons. The first-order chi connectivity index (χ1) is 11.2. The number of pyridine rings is 1. The molecular weight excluding hydrogens is 314 g/mol. The van der Waals surface area contributed by atoms with Crippen LogP contribution >= 0.6 is 11.6 Å².